The van der Waals surface area contributed by atoms with Crippen molar-refractivity contribution in [1.29, 1.82) is 0 Å². The van der Waals surface area contributed by atoms with E-state index in [9.17, 15) is 8.42 Å². The first-order valence-corrected chi connectivity index (χ1v) is 9.94. The lowest BCUT2D eigenvalue weighted by Gasteiger charge is -2.33. The fraction of sp³-hybridized carbons (Fsp3) is 0.769. The van der Waals surface area contributed by atoms with Crippen LogP contribution in [0.15, 0.2) is 4.21 Å². The Kier molecular flexibility index (Phi) is 6.02. The summed E-state index contributed by atoms with van der Waals surface area (Å²) in [5.41, 5.74) is 0.460. The Bertz CT molecular complexity index is 574. The van der Waals surface area contributed by atoms with Gasteiger partial charge in [-0.05, 0) is 46.2 Å². The first-order chi connectivity index (χ1) is 9.90. The molecule has 1 fully saturated rings. The Morgan fingerprint density at radius 3 is 2.86 bits per heavy atom. The minimum Gasteiger partial charge on any atom is -0.301 e. The zero-order valence-corrected chi connectivity index (χ0v) is 14.8. The average Bonchev–Trinajstić information content (AvgIpc) is 2.76. The first-order valence-electron chi connectivity index (χ1n) is 7.27. The zero-order valence-electron chi connectivity index (χ0n) is 12.4. The molecule has 1 aliphatic heterocycles. The summed E-state index contributed by atoms with van der Waals surface area (Å²) in [6.07, 6.45) is 4.60. The molecule has 1 N–H and O–H groups in total. The largest absolute Gasteiger partial charge is 0.301 e. The number of rotatable bonds is 6. The number of aryl methyl sites for hydroxylation is 1. The van der Waals surface area contributed by atoms with Crippen molar-refractivity contribution in [2.24, 2.45) is 0 Å². The summed E-state index contributed by atoms with van der Waals surface area (Å²) in [7, 11) is -3.48. The molecule has 0 radical (unpaired) electrons. The van der Waals surface area contributed by atoms with Crippen LogP contribution in [0.3, 0.4) is 0 Å². The second-order valence-electron chi connectivity index (χ2n) is 5.47. The van der Waals surface area contributed by atoms with Crippen LogP contribution < -0.4 is 4.72 Å². The second kappa shape index (κ2) is 7.37. The highest BCUT2D eigenvalue weighted by molar-refractivity contribution is 7.91. The van der Waals surface area contributed by atoms with Gasteiger partial charge < -0.3 is 4.90 Å². The number of nitrogens with zero attached hydrogens (tertiary/aromatic N) is 2. The number of hydrogen-bond donors (Lipinski definition) is 1. The SMILES string of the molecule is Cc1nc(Cl)sc1S(=O)(=O)NCCCN1CCCCC1C. The van der Waals surface area contributed by atoms with Gasteiger partial charge in [0.1, 0.15) is 0 Å². The molecule has 1 aromatic rings. The van der Waals surface area contributed by atoms with Crippen LogP contribution in [0.2, 0.25) is 4.47 Å². The molecule has 0 amide bonds. The number of halogens is 1. The molecule has 2 heterocycles. The Balaban J connectivity index is 1.81. The highest BCUT2D eigenvalue weighted by atomic mass is 35.5. The summed E-state index contributed by atoms with van der Waals surface area (Å²) in [4.78, 5) is 6.38. The Morgan fingerprint density at radius 1 is 1.48 bits per heavy atom. The molecule has 0 saturated carbocycles. The van der Waals surface area contributed by atoms with Gasteiger partial charge in [0, 0.05) is 12.6 Å². The van der Waals surface area contributed by atoms with E-state index in [1.807, 2.05) is 0 Å². The molecular formula is C13H22ClN3O2S2. The molecule has 0 spiro atoms. The lowest BCUT2D eigenvalue weighted by atomic mass is 10.0. The van der Waals surface area contributed by atoms with Gasteiger partial charge in [-0.3, -0.25) is 0 Å². The Labute approximate surface area is 135 Å². The third kappa shape index (κ3) is 4.63. The molecule has 0 bridgehead atoms. The van der Waals surface area contributed by atoms with E-state index in [-0.39, 0.29) is 8.68 Å². The molecule has 120 valence electrons. The van der Waals surface area contributed by atoms with E-state index in [0.29, 0.717) is 18.3 Å². The number of aromatic nitrogens is 1. The van der Waals surface area contributed by atoms with Gasteiger partial charge in [0.25, 0.3) is 10.0 Å². The van der Waals surface area contributed by atoms with Gasteiger partial charge in [-0.2, -0.15) is 0 Å². The van der Waals surface area contributed by atoms with Gasteiger partial charge in [0.2, 0.25) is 0 Å². The third-order valence-corrected chi connectivity index (χ3v) is 7.16. The molecule has 1 aliphatic rings. The maximum absolute atomic E-state index is 12.2. The summed E-state index contributed by atoms with van der Waals surface area (Å²) >= 11 is 6.76. The van der Waals surface area contributed by atoms with E-state index < -0.39 is 10.0 Å². The van der Waals surface area contributed by atoms with Crippen molar-refractivity contribution in [1.82, 2.24) is 14.6 Å². The van der Waals surface area contributed by atoms with Crippen molar-refractivity contribution >= 4 is 33.0 Å². The average molecular weight is 352 g/mol. The van der Waals surface area contributed by atoms with E-state index in [1.54, 1.807) is 6.92 Å². The lowest BCUT2D eigenvalue weighted by Crippen LogP contribution is -2.39. The summed E-state index contributed by atoms with van der Waals surface area (Å²) in [5, 5.41) is 0. The quantitative estimate of drug-likeness (QED) is 0.800. The fourth-order valence-electron chi connectivity index (χ4n) is 2.64. The molecule has 2 rings (SSSR count). The molecule has 5 nitrogen and oxygen atoms in total. The van der Waals surface area contributed by atoms with Crippen LogP contribution in [0.5, 0.6) is 0 Å². The molecule has 1 atom stereocenters. The number of likely N-dealkylation sites (tertiary alicyclic amines) is 1. The third-order valence-electron chi connectivity index (χ3n) is 3.83. The van der Waals surface area contributed by atoms with Crippen LogP contribution in [0, 0.1) is 6.92 Å². The van der Waals surface area contributed by atoms with Crippen LogP contribution in [0.25, 0.3) is 0 Å². The molecule has 1 saturated heterocycles. The number of piperidine rings is 1. The molecule has 0 aromatic carbocycles. The van der Waals surface area contributed by atoms with Crippen LogP contribution in [0.4, 0.5) is 0 Å². The number of hydrogen-bond acceptors (Lipinski definition) is 5. The lowest BCUT2D eigenvalue weighted by molar-refractivity contribution is 0.159. The summed E-state index contributed by atoms with van der Waals surface area (Å²) in [6, 6.07) is 0.609. The van der Waals surface area contributed by atoms with E-state index in [2.05, 4.69) is 21.5 Å². The van der Waals surface area contributed by atoms with Crippen LogP contribution in [0.1, 0.15) is 38.3 Å². The van der Waals surface area contributed by atoms with Crippen LogP contribution in [-0.2, 0) is 10.0 Å². The van der Waals surface area contributed by atoms with Gasteiger partial charge in [0.05, 0.1) is 5.69 Å². The van der Waals surface area contributed by atoms with Crippen molar-refractivity contribution in [3.05, 3.63) is 10.2 Å². The van der Waals surface area contributed by atoms with Gasteiger partial charge in [-0.25, -0.2) is 18.1 Å². The smallest absolute Gasteiger partial charge is 0.251 e. The maximum atomic E-state index is 12.2. The van der Waals surface area contributed by atoms with Crippen molar-refractivity contribution in [2.45, 2.75) is 49.8 Å². The fourth-order valence-corrected chi connectivity index (χ4v) is 5.50. The molecule has 1 aromatic heterocycles. The predicted octanol–water partition coefficient (Wildman–Crippen LogP) is 2.65. The molecule has 1 unspecified atom stereocenters. The second-order valence-corrected chi connectivity index (χ2v) is 9.02. The minimum absolute atomic E-state index is 0.221. The highest BCUT2D eigenvalue weighted by Crippen LogP contribution is 2.26. The van der Waals surface area contributed by atoms with Gasteiger partial charge in [-0.15, -0.1) is 0 Å². The van der Waals surface area contributed by atoms with Crippen LogP contribution >= 0.6 is 22.9 Å². The number of nitrogens with one attached hydrogen (secondary N) is 1. The van der Waals surface area contributed by atoms with Crippen molar-refractivity contribution in [2.75, 3.05) is 19.6 Å². The topological polar surface area (TPSA) is 62.3 Å². The first kappa shape index (κ1) is 17.1. The normalized spacial score (nSPS) is 20.8. The minimum atomic E-state index is -3.48. The summed E-state index contributed by atoms with van der Waals surface area (Å²) < 4.78 is 27.5. The van der Waals surface area contributed by atoms with Gasteiger partial charge in [0.15, 0.2) is 8.68 Å². The number of sulfonamides is 1. The maximum Gasteiger partial charge on any atom is 0.251 e. The molecule has 8 heteroatoms. The monoisotopic (exact) mass is 351 g/mol. The highest BCUT2D eigenvalue weighted by Gasteiger charge is 2.21. The van der Waals surface area contributed by atoms with E-state index in [1.165, 1.54) is 19.3 Å². The summed E-state index contributed by atoms with van der Waals surface area (Å²) in [5.74, 6) is 0. The Morgan fingerprint density at radius 2 is 2.24 bits per heavy atom. The predicted molar refractivity (Wildman–Crippen MR) is 86.6 cm³/mol. The van der Waals surface area contributed by atoms with Crippen LogP contribution in [-0.4, -0.2) is 44.0 Å². The van der Waals surface area contributed by atoms with Crippen molar-refractivity contribution in [3.63, 3.8) is 0 Å². The zero-order chi connectivity index (χ0) is 15.5. The number of thiazole rings is 1. The van der Waals surface area contributed by atoms with E-state index >= 15 is 0 Å². The molecule has 0 aliphatic carbocycles. The Hall–Kier alpha value is -0.210. The van der Waals surface area contributed by atoms with Gasteiger partial charge in [-0.1, -0.05) is 29.4 Å². The molecular weight excluding hydrogens is 330 g/mol. The van der Waals surface area contributed by atoms with E-state index in [4.69, 9.17) is 11.6 Å². The van der Waals surface area contributed by atoms with Crippen molar-refractivity contribution < 1.29 is 8.42 Å². The summed E-state index contributed by atoms with van der Waals surface area (Å²) in [6.45, 7) is 6.41. The standard InChI is InChI=1S/C13H22ClN3O2S2/c1-10-6-3-4-8-17(10)9-5-7-15-21(18,19)12-11(2)16-13(14)20-12/h10,15H,3-9H2,1-2H3. The van der Waals surface area contributed by atoms with Crippen molar-refractivity contribution in [3.8, 4) is 0 Å². The van der Waals surface area contributed by atoms with Gasteiger partial charge >= 0.3 is 0 Å². The van der Waals surface area contributed by atoms with E-state index in [0.717, 1.165) is 30.8 Å². The molecule has 21 heavy (non-hydrogen) atoms.